The highest BCUT2D eigenvalue weighted by atomic mass is 32.1. The minimum atomic E-state index is 0.127. The maximum absolute atomic E-state index is 8.85. The number of anilines is 1. The first-order chi connectivity index (χ1) is 8.50. The number of hydrogen-bond donors (Lipinski definition) is 2. The highest BCUT2D eigenvalue weighted by Gasteiger charge is 2.17. The zero-order chi connectivity index (χ0) is 13.2. The fourth-order valence-electron chi connectivity index (χ4n) is 1.41. The Bertz CT molecular complexity index is 570. The largest absolute Gasteiger partial charge is 0.363 e. The summed E-state index contributed by atoms with van der Waals surface area (Å²) < 4.78 is 0. The third-order valence-electron chi connectivity index (χ3n) is 2.47. The van der Waals surface area contributed by atoms with Crippen LogP contribution in [0.15, 0.2) is 12.4 Å². The van der Waals surface area contributed by atoms with Gasteiger partial charge in [0.1, 0.15) is 22.5 Å². The van der Waals surface area contributed by atoms with Crippen LogP contribution in [0.3, 0.4) is 0 Å². The number of hydrogen-bond acceptors (Lipinski definition) is 5. The smallest absolute Gasteiger partial charge is 0.140 e. The van der Waals surface area contributed by atoms with Crippen LogP contribution < -0.4 is 5.32 Å². The van der Waals surface area contributed by atoms with Gasteiger partial charge in [0.25, 0.3) is 0 Å². The fraction of sp³-hybridized carbons (Fsp3) is 0.417. The van der Waals surface area contributed by atoms with Crippen molar-refractivity contribution >= 4 is 17.2 Å². The zero-order valence-electron chi connectivity index (χ0n) is 10.6. The molecule has 2 N–H and O–H groups in total. The van der Waals surface area contributed by atoms with Crippen molar-refractivity contribution < 1.29 is 0 Å². The fourth-order valence-corrected chi connectivity index (χ4v) is 2.32. The lowest BCUT2D eigenvalue weighted by molar-refractivity contribution is 0.602. The summed E-state index contributed by atoms with van der Waals surface area (Å²) in [5.74, 6) is 0.644. The van der Waals surface area contributed by atoms with Crippen molar-refractivity contribution in [1.29, 1.82) is 5.26 Å². The van der Waals surface area contributed by atoms with Crippen LogP contribution in [0.1, 0.15) is 36.2 Å². The molecule has 0 unspecified atom stereocenters. The predicted octanol–water partition coefficient (Wildman–Crippen LogP) is 2.65. The van der Waals surface area contributed by atoms with Gasteiger partial charge in [-0.15, -0.1) is 11.3 Å². The molecule has 2 aromatic rings. The second kappa shape index (κ2) is 4.78. The van der Waals surface area contributed by atoms with Gasteiger partial charge in [-0.2, -0.15) is 10.4 Å². The number of aromatic amines is 1. The molecular weight excluding hydrogens is 246 g/mol. The van der Waals surface area contributed by atoms with Gasteiger partial charge in [-0.3, -0.25) is 5.10 Å². The molecule has 0 aromatic carbocycles. The summed E-state index contributed by atoms with van der Waals surface area (Å²) in [6.45, 7) is 7.10. The van der Waals surface area contributed by atoms with Gasteiger partial charge >= 0.3 is 0 Å². The Kier molecular flexibility index (Phi) is 3.34. The third kappa shape index (κ3) is 2.68. The normalized spacial score (nSPS) is 11.2. The molecule has 0 fully saturated rings. The Labute approximate surface area is 110 Å². The summed E-state index contributed by atoms with van der Waals surface area (Å²) in [7, 11) is 0. The van der Waals surface area contributed by atoms with Crippen molar-refractivity contribution in [1.82, 2.24) is 15.2 Å². The van der Waals surface area contributed by atoms with Crippen molar-refractivity contribution in [2.24, 2.45) is 0 Å². The van der Waals surface area contributed by atoms with E-state index in [1.165, 1.54) is 11.1 Å². The van der Waals surface area contributed by atoms with E-state index in [1.807, 2.05) is 6.20 Å². The van der Waals surface area contributed by atoms with Crippen LogP contribution in [-0.4, -0.2) is 15.2 Å². The second-order valence-corrected chi connectivity index (χ2v) is 6.11. The van der Waals surface area contributed by atoms with E-state index in [0.717, 1.165) is 5.01 Å². The molecule has 0 amide bonds. The molecule has 0 atom stereocenters. The maximum Gasteiger partial charge on any atom is 0.140 e. The van der Waals surface area contributed by atoms with E-state index < -0.39 is 0 Å². The van der Waals surface area contributed by atoms with E-state index in [2.05, 4.69) is 47.3 Å². The molecule has 6 heteroatoms. The standard InChI is InChI=1S/C12H15N5S/c1-12(2,3)9-6-14-10(18-9)7-15-11-8(4-13)5-16-17-11/h5-6H,7H2,1-3H3,(H2,15,16,17). The molecule has 2 aromatic heterocycles. The van der Waals surface area contributed by atoms with E-state index in [1.54, 1.807) is 11.3 Å². The van der Waals surface area contributed by atoms with Gasteiger partial charge in [0.2, 0.25) is 0 Å². The summed E-state index contributed by atoms with van der Waals surface area (Å²) >= 11 is 1.68. The highest BCUT2D eigenvalue weighted by molar-refractivity contribution is 7.11. The van der Waals surface area contributed by atoms with Gasteiger partial charge in [-0.25, -0.2) is 4.98 Å². The van der Waals surface area contributed by atoms with Gasteiger partial charge < -0.3 is 5.32 Å². The van der Waals surface area contributed by atoms with E-state index in [0.29, 0.717) is 17.9 Å². The molecule has 0 bridgehead atoms. The molecule has 0 saturated carbocycles. The van der Waals surface area contributed by atoms with Crippen LogP contribution in [0.2, 0.25) is 0 Å². The summed E-state index contributed by atoms with van der Waals surface area (Å²) in [4.78, 5) is 5.63. The van der Waals surface area contributed by atoms with Crippen LogP contribution in [-0.2, 0) is 12.0 Å². The first-order valence-electron chi connectivity index (χ1n) is 5.63. The van der Waals surface area contributed by atoms with E-state index >= 15 is 0 Å². The summed E-state index contributed by atoms with van der Waals surface area (Å²) in [5, 5.41) is 19.6. The minimum absolute atomic E-state index is 0.127. The van der Waals surface area contributed by atoms with E-state index in [-0.39, 0.29) is 5.41 Å². The quantitative estimate of drug-likeness (QED) is 0.890. The van der Waals surface area contributed by atoms with Crippen LogP contribution in [0.5, 0.6) is 0 Å². The number of nitriles is 1. The number of aromatic nitrogens is 3. The summed E-state index contributed by atoms with van der Waals surface area (Å²) in [5.41, 5.74) is 0.643. The van der Waals surface area contributed by atoms with Gasteiger partial charge in [0.15, 0.2) is 0 Å². The van der Waals surface area contributed by atoms with Crippen LogP contribution >= 0.6 is 11.3 Å². The van der Waals surface area contributed by atoms with Crippen LogP contribution in [0.25, 0.3) is 0 Å². The van der Waals surface area contributed by atoms with Crippen molar-refractivity contribution in [3.8, 4) is 6.07 Å². The van der Waals surface area contributed by atoms with Crippen LogP contribution in [0, 0.1) is 11.3 Å². The van der Waals surface area contributed by atoms with E-state index in [9.17, 15) is 0 Å². The summed E-state index contributed by atoms with van der Waals surface area (Å²) in [6, 6.07) is 2.07. The Morgan fingerprint density at radius 2 is 2.22 bits per heavy atom. The minimum Gasteiger partial charge on any atom is -0.363 e. The molecule has 0 spiro atoms. The SMILES string of the molecule is CC(C)(C)c1cnc(CNc2[nH]ncc2C#N)s1. The molecule has 0 saturated heterocycles. The lowest BCUT2D eigenvalue weighted by atomic mass is 9.96. The van der Waals surface area contributed by atoms with Gasteiger partial charge in [-0.1, -0.05) is 20.8 Å². The monoisotopic (exact) mass is 261 g/mol. The molecule has 0 aliphatic heterocycles. The number of nitrogens with one attached hydrogen (secondary N) is 2. The molecular formula is C12H15N5S. The Hall–Kier alpha value is -1.87. The first-order valence-corrected chi connectivity index (χ1v) is 6.45. The lowest BCUT2D eigenvalue weighted by Crippen LogP contribution is -2.07. The van der Waals surface area contributed by atoms with Gasteiger partial charge in [-0.05, 0) is 5.41 Å². The topological polar surface area (TPSA) is 77.4 Å². The number of rotatable bonds is 3. The third-order valence-corrected chi connectivity index (χ3v) is 3.89. The van der Waals surface area contributed by atoms with Crippen LogP contribution in [0.4, 0.5) is 5.82 Å². The number of nitrogens with zero attached hydrogens (tertiary/aromatic N) is 3. The molecule has 2 heterocycles. The van der Waals surface area contributed by atoms with Crippen molar-refractivity contribution in [3.05, 3.63) is 27.8 Å². The molecule has 5 nitrogen and oxygen atoms in total. The van der Waals surface area contributed by atoms with Gasteiger partial charge in [0, 0.05) is 11.1 Å². The van der Waals surface area contributed by atoms with Crippen molar-refractivity contribution in [2.75, 3.05) is 5.32 Å². The molecule has 0 radical (unpaired) electrons. The highest BCUT2D eigenvalue weighted by Crippen LogP contribution is 2.28. The average Bonchev–Trinajstić information content (AvgIpc) is 2.94. The summed E-state index contributed by atoms with van der Waals surface area (Å²) in [6.07, 6.45) is 3.42. The van der Waals surface area contributed by atoms with Crippen molar-refractivity contribution in [3.63, 3.8) is 0 Å². The Balaban J connectivity index is 2.03. The van der Waals surface area contributed by atoms with E-state index in [4.69, 9.17) is 5.26 Å². The average molecular weight is 261 g/mol. The number of thiazole rings is 1. The number of H-pyrrole nitrogens is 1. The molecule has 0 aliphatic carbocycles. The van der Waals surface area contributed by atoms with Crippen molar-refractivity contribution in [2.45, 2.75) is 32.7 Å². The Morgan fingerprint density at radius 3 is 2.83 bits per heavy atom. The first kappa shape index (κ1) is 12.6. The molecule has 18 heavy (non-hydrogen) atoms. The van der Waals surface area contributed by atoms with Gasteiger partial charge in [0.05, 0.1) is 12.7 Å². The Morgan fingerprint density at radius 1 is 1.44 bits per heavy atom. The lowest BCUT2D eigenvalue weighted by Gasteiger charge is -2.14. The molecule has 94 valence electrons. The predicted molar refractivity (Wildman–Crippen MR) is 71.4 cm³/mol. The second-order valence-electron chi connectivity index (χ2n) is 4.99. The molecule has 0 aliphatic rings. The molecule has 2 rings (SSSR count). The maximum atomic E-state index is 8.85. The zero-order valence-corrected chi connectivity index (χ0v) is 11.4.